The maximum absolute atomic E-state index is 12.1. The Morgan fingerprint density at radius 1 is 1.05 bits per heavy atom. The average molecular weight is 280 g/mol. The fourth-order valence-electron chi connectivity index (χ4n) is 2.13. The molecule has 1 fully saturated rings. The minimum atomic E-state index is -4.65. The predicted molar refractivity (Wildman–Crippen MR) is 67.4 cm³/mol. The van der Waals surface area contributed by atoms with E-state index in [0.717, 1.165) is 17.8 Å². The molecule has 1 aliphatic rings. The molecule has 1 saturated heterocycles. The van der Waals surface area contributed by atoms with Crippen molar-refractivity contribution in [1.29, 1.82) is 0 Å². The van der Waals surface area contributed by atoms with Crippen LogP contribution in [0.1, 0.15) is 11.6 Å². The molecule has 0 aliphatic carbocycles. The molecule has 0 spiro atoms. The SMILES string of the molecule is FC(F)(F)Oc1ccc(N2CC2c2ccncc2)cc1. The van der Waals surface area contributed by atoms with Crippen molar-refractivity contribution in [2.45, 2.75) is 12.4 Å². The summed E-state index contributed by atoms with van der Waals surface area (Å²) in [6.45, 7) is 0.851. The lowest BCUT2D eigenvalue weighted by atomic mass is 10.2. The molecule has 1 atom stereocenters. The minimum absolute atomic E-state index is 0.205. The van der Waals surface area contributed by atoms with E-state index in [4.69, 9.17) is 0 Å². The lowest BCUT2D eigenvalue weighted by Gasteiger charge is -2.10. The zero-order valence-electron chi connectivity index (χ0n) is 10.3. The molecule has 0 bridgehead atoms. The Labute approximate surface area is 113 Å². The lowest BCUT2D eigenvalue weighted by molar-refractivity contribution is -0.274. The number of hydrogen-bond donors (Lipinski definition) is 0. The number of pyridine rings is 1. The highest BCUT2D eigenvalue weighted by Crippen LogP contribution is 2.40. The number of hydrogen-bond acceptors (Lipinski definition) is 3. The van der Waals surface area contributed by atoms with Gasteiger partial charge in [-0.25, -0.2) is 0 Å². The fraction of sp³-hybridized carbons (Fsp3) is 0.214. The van der Waals surface area contributed by atoms with Crippen LogP contribution >= 0.6 is 0 Å². The van der Waals surface area contributed by atoms with Gasteiger partial charge in [-0.1, -0.05) is 0 Å². The van der Waals surface area contributed by atoms with E-state index in [2.05, 4.69) is 14.6 Å². The topological polar surface area (TPSA) is 25.1 Å². The summed E-state index contributed by atoms with van der Waals surface area (Å²) in [5, 5.41) is 0. The molecule has 104 valence electrons. The molecule has 0 amide bonds. The van der Waals surface area contributed by atoms with Crippen LogP contribution in [0.2, 0.25) is 0 Å². The third-order valence-corrected chi connectivity index (χ3v) is 3.11. The molecular formula is C14H11F3N2O. The maximum Gasteiger partial charge on any atom is 0.573 e. The van der Waals surface area contributed by atoms with Crippen molar-refractivity contribution in [1.82, 2.24) is 4.98 Å². The molecule has 1 aromatic heterocycles. The lowest BCUT2D eigenvalue weighted by Crippen LogP contribution is -2.17. The second-order valence-electron chi connectivity index (χ2n) is 4.49. The molecule has 1 unspecified atom stereocenters. The van der Waals surface area contributed by atoms with Crippen LogP contribution in [0.15, 0.2) is 48.8 Å². The number of nitrogens with zero attached hydrogens (tertiary/aromatic N) is 2. The normalized spacial score (nSPS) is 17.9. The third-order valence-electron chi connectivity index (χ3n) is 3.11. The van der Waals surface area contributed by atoms with Crippen LogP contribution in [0.25, 0.3) is 0 Å². The summed E-state index contributed by atoms with van der Waals surface area (Å²) in [6.07, 6.45) is -1.20. The molecule has 2 heterocycles. The summed E-state index contributed by atoms with van der Waals surface area (Å²) < 4.78 is 40.0. The number of rotatable bonds is 3. The van der Waals surface area contributed by atoms with Gasteiger partial charge in [-0.3, -0.25) is 4.98 Å². The Balaban J connectivity index is 1.68. The second-order valence-corrected chi connectivity index (χ2v) is 4.49. The highest BCUT2D eigenvalue weighted by molar-refractivity contribution is 5.57. The van der Waals surface area contributed by atoms with Crippen molar-refractivity contribution in [2.75, 3.05) is 11.4 Å². The van der Waals surface area contributed by atoms with Gasteiger partial charge in [0.1, 0.15) is 5.75 Å². The van der Waals surface area contributed by atoms with Crippen molar-refractivity contribution in [3.63, 3.8) is 0 Å². The number of benzene rings is 1. The zero-order valence-corrected chi connectivity index (χ0v) is 10.3. The van der Waals surface area contributed by atoms with Crippen LogP contribution < -0.4 is 9.64 Å². The highest BCUT2D eigenvalue weighted by atomic mass is 19.4. The van der Waals surface area contributed by atoms with E-state index < -0.39 is 6.36 Å². The van der Waals surface area contributed by atoms with Gasteiger partial charge < -0.3 is 9.64 Å². The number of aromatic nitrogens is 1. The van der Waals surface area contributed by atoms with E-state index in [1.807, 2.05) is 12.1 Å². The molecule has 20 heavy (non-hydrogen) atoms. The van der Waals surface area contributed by atoms with Crippen molar-refractivity contribution < 1.29 is 17.9 Å². The predicted octanol–water partition coefficient (Wildman–Crippen LogP) is 3.54. The summed E-state index contributed by atoms with van der Waals surface area (Å²) in [7, 11) is 0. The summed E-state index contributed by atoms with van der Waals surface area (Å²) >= 11 is 0. The average Bonchev–Trinajstić information content (AvgIpc) is 3.19. The van der Waals surface area contributed by atoms with Crippen molar-refractivity contribution in [3.05, 3.63) is 54.4 Å². The van der Waals surface area contributed by atoms with E-state index >= 15 is 0 Å². The first-order valence-electron chi connectivity index (χ1n) is 6.05. The van der Waals surface area contributed by atoms with Gasteiger partial charge in [0.05, 0.1) is 6.04 Å². The van der Waals surface area contributed by atoms with Crippen LogP contribution in [0, 0.1) is 0 Å². The van der Waals surface area contributed by atoms with Gasteiger partial charge >= 0.3 is 6.36 Å². The first-order valence-corrected chi connectivity index (χ1v) is 6.05. The molecule has 0 saturated carbocycles. The summed E-state index contributed by atoms with van der Waals surface area (Å²) in [5.41, 5.74) is 2.02. The Kier molecular flexibility index (Phi) is 3.00. The van der Waals surface area contributed by atoms with Crippen LogP contribution in [-0.2, 0) is 0 Å². The number of anilines is 1. The summed E-state index contributed by atoms with van der Waals surface area (Å²) in [5.74, 6) is -0.205. The van der Waals surface area contributed by atoms with Gasteiger partial charge in [0.15, 0.2) is 0 Å². The second kappa shape index (κ2) is 4.70. The molecule has 3 rings (SSSR count). The van der Waals surface area contributed by atoms with Gasteiger partial charge in [0, 0.05) is 24.6 Å². The first-order chi connectivity index (χ1) is 9.53. The van der Waals surface area contributed by atoms with Crippen LogP contribution in [0.4, 0.5) is 18.9 Å². The zero-order chi connectivity index (χ0) is 14.2. The highest BCUT2D eigenvalue weighted by Gasteiger charge is 2.36. The molecule has 1 aromatic carbocycles. The molecular weight excluding hydrogens is 269 g/mol. The van der Waals surface area contributed by atoms with E-state index in [1.165, 1.54) is 12.1 Å². The number of ether oxygens (including phenoxy) is 1. The van der Waals surface area contributed by atoms with Gasteiger partial charge in [-0.15, -0.1) is 13.2 Å². The van der Waals surface area contributed by atoms with E-state index in [-0.39, 0.29) is 11.8 Å². The van der Waals surface area contributed by atoms with Gasteiger partial charge in [-0.2, -0.15) is 0 Å². The smallest absolute Gasteiger partial charge is 0.406 e. The largest absolute Gasteiger partial charge is 0.573 e. The van der Waals surface area contributed by atoms with Gasteiger partial charge in [0.2, 0.25) is 0 Å². The molecule has 3 nitrogen and oxygen atoms in total. The Morgan fingerprint density at radius 2 is 1.70 bits per heavy atom. The minimum Gasteiger partial charge on any atom is -0.406 e. The summed E-state index contributed by atoms with van der Waals surface area (Å²) in [6, 6.07) is 10.0. The van der Waals surface area contributed by atoms with E-state index in [0.29, 0.717) is 0 Å². The van der Waals surface area contributed by atoms with Gasteiger partial charge in [-0.05, 0) is 42.0 Å². The Morgan fingerprint density at radius 3 is 2.30 bits per heavy atom. The van der Waals surface area contributed by atoms with E-state index in [1.54, 1.807) is 24.5 Å². The van der Waals surface area contributed by atoms with Crippen molar-refractivity contribution >= 4 is 5.69 Å². The molecule has 2 aromatic rings. The Hall–Kier alpha value is -2.24. The molecule has 1 aliphatic heterocycles. The maximum atomic E-state index is 12.1. The van der Waals surface area contributed by atoms with Crippen molar-refractivity contribution in [3.8, 4) is 5.75 Å². The number of alkyl halides is 3. The third kappa shape index (κ3) is 2.84. The van der Waals surface area contributed by atoms with Crippen LogP contribution in [0.3, 0.4) is 0 Å². The van der Waals surface area contributed by atoms with E-state index in [9.17, 15) is 13.2 Å². The monoisotopic (exact) mass is 280 g/mol. The Bertz CT molecular complexity index is 584. The standard InChI is InChI=1S/C14H11F3N2O/c15-14(16,17)20-12-3-1-11(2-4-12)19-9-13(19)10-5-7-18-8-6-10/h1-8,13H,9H2. The number of halogens is 3. The molecule has 6 heteroatoms. The van der Waals surface area contributed by atoms with Crippen LogP contribution in [-0.4, -0.2) is 17.9 Å². The quantitative estimate of drug-likeness (QED) is 0.804. The first kappa shape index (κ1) is 12.8. The van der Waals surface area contributed by atoms with Gasteiger partial charge in [0.25, 0.3) is 0 Å². The summed E-state index contributed by atoms with van der Waals surface area (Å²) in [4.78, 5) is 6.05. The van der Waals surface area contributed by atoms with Crippen molar-refractivity contribution in [2.24, 2.45) is 0 Å². The molecule has 0 radical (unpaired) electrons. The fourth-order valence-corrected chi connectivity index (χ4v) is 2.13. The molecule has 0 N–H and O–H groups in total. The van der Waals surface area contributed by atoms with Crippen LogP contribution in [0.5, 0.6) is 5.75 Å².